The summed E-state index contributed by atoms with van der Waals surface area (Å²) >= 11 is 1.49. The number of carbonyl (C=O) groups excluding carboxylic acids is 1. The molecule has 0 saturated heterocycles. The highest BCUT2D eigenvalue weighted by molar-refractivity contribution is 7.15. The molecule has 5 aromatic rings. The van der Waals surface area contributed by atoms with E-state index in [4.69, 9.17) is 10.7 Å². The third kappa shape index (κ3) is 4.00. The number of rotatable bonds is 4. The molecule has 0 saturated carbocycles. The Morgan fingerprint density at radius 3 is 2.71 bits per heavy atom. The molecule has 1 atom stereocenters. The smallest absolute Gasteiger partial charge is 0.274 e. The summed E-state index contributed by atoms with van der Waals surface area (Å²) in [5, 5.41) is 9.10. The van der Waals surface area contributed by atoms with Gasteiger partial charge < -0.3 is 11.1 Å². The molecular formula is C24H20N8OS. The van der Waals surface area contributed by atoms with Crippen LogP contribution in [0.1, 0.15) is 40.4 Å². The van der Waals surface area contributed by atoms with E-state index in [1.807, 2.05) is 60.3 Å². The molecule has 9 nitrogen and oxygen atoms in total. The molecule has 0 unspecified atom stereocenters. The largest absolute Gasteiger partial charge is 0.382 e. The Bertz CT molecular complexity index is 1550. The van der Waals surface area contributed by atoms with Crippen LogP contribution in [-0.2, 0) is 7.05 Å². The van der Waals surface area contributed by atoms with Gasteiger partial charge >= 0.3 is 0 Å². The maximum atomic E-state index is 12.8. The molecule has 0 aliphatic heterocycles. The van der Waals surface area contributed by atoms with Crippen LogP contribution >= 0.6 is 11.3 Å². The van der Waals surface area contributed by atoms with Crippen LogP contribution in [0.25, 0.3) is 16.2 Å². The van der Waals surface area contributed by atoms with E-state index in [1.54, 1.807) is 10.9 Å². The second-order valence-electron chi connectivity index (χ2n) is 7.59. The van der Waals surface area contributed by atoms with Gasteiger partial charge in [-0.25, -0.2) is 15.0 Å². The highest BCUT2D eigenvalue weighted by atomic mass is 32.1. The first-order valence-corrected chi connectivity index (χ1v) is 11.3. The van der Waals surface area contributed by atoms with E-state index >= 15 is 0 Å². The molecule has 0 spiro atoms. The fourth-order valence-corrected chi connectivity index (χ4v) is 4.45. The van der Waals surface area contributed by atoms with Crippen molar-refractivity contribution in [3.63, 3.8) is 0 Å². The second-order valence-corrected chi connectivity index (χ2v) is 8.43. The molecule has 1 amide bonds. The minimum atomic E-state index is -0.421. The Labute approximate surface area is 199 Å². The molecule has 1 aromatic carbocycles. The zero-order valence-electron chi connectivity index (χ0n) is 18.4. The van der Waals surface area contributed by atoms with Crippen molar-refractivity contribution in [2.75, 3.05) is 5.73 Å². The van der Waals surface area contributed by atoms with Crippen molar-refractivity contribution < 1.29 is 4.79 Å². The molecule has 0 aliphatic rings. The van der Waals surface area contributed by atoms with Gasteiger partial charge in [-0.1, -0.05) is 36.3 Å². The van der Waals surface area contributed by atoms with E-state index in [1.165, 1.54) is 23.7 Å². The molecule has 0 aliphatic carbocycles. The van der Waals surface area contributed by atoms with E-state index in [-0.39, 0.29) is 11.5 Å². The van der Waals surface area contributed by atoms with Gasteiger partial charge in [0.15, 0.2) is 16.5 Å². The van der Waals surface area contributed by atoms with Crippen molar-refractivity contribution in [1.29, 1.82) is 0 Å². The fourth-order valence-electron chi connectivity index (χ4n) is 3.62. The summed E-state index contributed by atoms with van der Waals surface area (Å²) in [6.45, 7) is 1.88. The van der Waals surface area contributed by atoms with Crippen LogP contribution in [0.5, 0.6) is 0 Å². The lowest BCUT2D eigenvalue weighted by Gasteiger charge is -2.14. The number of hydrogen-bond acceptors (Lipinski definition) is 7. The highest BCUT2D eigenvalue weighted by Gasteiger charge is 2.24. The van der Waals surface area contributed by atoms with Crippen LogP contribution in [0.3, 0.4) is 0 Å². The number of carbonyl (C=O) groups is 1. The van der Waals surface area contributed by atoms with E-state index < -0.39 is 11.9 Å². The quantitative estimate of drug-likeness (QED) is 0.392. The molecule has 0 fully saturated rings. The lowest BCUT2D eigenvalue weighted by atomic mass is 10.1. The first-order chi connectivity index (χ1) is 16.5. The molecule has 0 radical (unpaired) electrons. The Balaban J connectivity index is 1.58. The Hall–Kier alpha value is -4.49. The van der Waals surface area contributed by atoms with Crippen molar-refractivity contribution in [2.24, 2.45) is 7.05 Å². The summed E-state index contributed by atoms with van der Waals surface area (Å²) in [6.07, 6.45) is 6.47. The molecule has 10 heteroatoms. The SMILES string of the molecule is C[C@@H](NC(=O)c1nccnc1N)c1nc2scc(C#Cc3cnn(C)c3)n2c1-c1ccccc1. The number of nitrogen functional groups attached to an aromatic ring is 1. The number of anilines is 1. The number of nitrogens with two attached hydrogens (primary N) is 1. The van der Waals surface area contributed by atoms with Crippen molar-refractivity contribution in [2.45, 2.75) is 13.0 Å². The first kappa shape index (κ1) is 21.4. The molecule has 4 aromatic heterocycles. The average molecular weight is 469 g/mol. The van der Waals surface area contributed by atoms with E-state index in [2.05, 4.69) is 32.2 Å². The van der Waals surface area contributed by atoms with Crippen LogP contribution < -0.4 is 11.1 Å². The minimum Gasteiger partial charge on any atom is -0.382 e. The van der Waals surface area contributed by atoms with Gasteiger partial charge in [-0.2, -0.15) is 5.10 Å². The predicted molar refractivity (Wildman–Crippen MR) is 130 cm³/mol. The molecule has 168 valence electrons. The summed E-state index contributed by atoms with van der Waals surface area (Å²) in [4.78, 5) is 26.5. The van der Waals surface area contributed by atoms with Gasteiger partial charge in [0, 0.05) is 36.6 Å². The number of hydrogen-bond donors (Lipinski definition) is 2. The van der Waals surface area contributed by atoms with Gasteiger partial charge in [0.2, 0.25) is 0 Å². The number of benzene rings is 1. The average Bonchev–Trinajstić information content (AvgIpc) is 3.53. The third-order valence-electron chi connectivity index (χ3n) is 5.18. The predicted octanol–water partition coefficient (Wildman–Crippen LogP) is 3.06. The number of imidazole rings is 1. The number of fused-ring (bicyclic) bond motifs is 1. The number of aryl methyl sites for hydroxylation is 1. The molecule has 0 bridgehead atoms. The lowest BCUT2D eigenvalue weighted by molar-refractivity contribution is 0.0935. The standard InChI is InChI=1S/C24H20N8OS/c1-15(29-23(33)20-22(25)27-11-10-26-20)19-21(17-6-4-3-5-7-17)32-18(14-34-24(32)30-19)9-8-16-12-28-31(2)13-16/h3-7,10-15H,1-2H3,(H2,25,27)(H,29,33)/t15-/m1/s1. The first-order valence-electron chi connectivity index (χ1n) is 10.4. The van der Waals surface area contributed by atoms with Gasteiger partial charge in [0.1, 0.15) is 5.69 Å². The maximum absolute atomic E-state index is 12.8. The van der Waals surface area contributed by atoms with E-state index in [0.717, 1.165) is 33.2 Å². The Kier molecular flexibility index (Phi) is 5.53. The minimum absolute atomic E-state index is 0.0780. The number of nitrogens with zero attached hydrogens (tertiary/aromatic N) is 6. The zero-order valence-corrected chi connectivity index (χ0v) is 19.2. The van der Waals surface area contributed by atoms with Crippen molar-refractivity contribution in [3.05, 3.63) is 83.1 Å². The van der Waals surface area contributed by atoms with Crippen LogP contribution in [0.15, 0.2) is 60.5 Å². The van der Waals surface area contributed by atoms with Gasteiger partial charge in [0.05, 0.1) is 29.2 Å². The summed E-state index contributed by atoms with van der Waals surface area (Å²) in [6, 6.07) is 9.50. The molecule has 5 rings (SSSR count). The zero-order chi connectivity index (χ0) is 23.7. The van der Waals surface area contributed by atoms with Gasteiger partial charge in [0.25, 0.3) is 5.91 Å². The molecular weight excluding hydrogens is 448 g/mol. The highest BCUT2D eigenvalue weighted by Crippen LogP contribution is 2.33. The number of aromatic nitrogens is 6. The van der Waals surface area contributed by atoms with Crippen molar-refractivity contribution >= 4 is 28.0 Å². The monoisotopic (exact) mass is 468 g/mol. The van der Waals surface area contributed by atoms with Crippen molar-refractivity contribution in [3.8, 4) is 23.1 Å². The Morgan fingerprint density at radius 2 is 1.97 bits per heavy atom. The van der Waals surface area contributed by atoms with Gasteiger partial charge in [-0.3, -0.25) is 13.9 Å². The van der Waals surface area contributed by atoms with Crippen LogP contribution in [0, 0.1) is 11.8 Å². The molecule has 4 heterocycles. The third-order valence-corrected chi connectivity index (χ3v) is 6.00. The number of amides is 1. The van der Waals surface area contributed by atoms with Crippen LogP contribution in [0.2, 0.25) is 0 Å². The van der Waals surface area contributed by atoms with Gasteiger partial charge in [-0.05, 0) is 12.8 Å². The summed E-state index contributed by atoms with van der Waals surface area (Å²) < 4.78 is 3.74. The number of thiazole rings is 1. The van der Waals surface area contributed by atoms with E-state index in [0.29, 0.717) is 0 Å². The lowest BCUT2D eigenvalue weighted by Crippen LogP contribution is -2.29. The summed E-state index contributed by atoms with van der Waals surface area (Å²) in [7, 11) is 1.86. The normalized spacial score (nSPS) is 11.7. The summed E-state index contributed by atoms with van der Waals surface area (Å²) in [5.41, 5.74) is 10.1. The Morgan fingerprint density at radius 1 is 1.18 bits per heavy atom. The summed E-state index contributed by atoms with van der Waals surface area (Å²) in [5.74, 6) is 6.07. The topological polar surface area (TPSA) is 116 Å². The maximum Gasteiger partial charge on any atom is 0.274 e. The van der Waals surface area contributed by atoms with Gasteiger partial charge in [-0.15, -0.1) is 11.3 Å². The molecule has 3 N–H and O–H groups in total. The van der Waals surface area contributed by atoms with Crippen LogP contribution in [0.4, 0.5) is 5.82 Å². The second kappa shape index (κ2) is 8.80. The molecule has 34 heavy (non-hydrogen) atoms. The van der Waals surface area contributed by atoms with Crippen molar-refractivity contribution in [1.82, 2.24) is 34.4 Å². The van der Waals surface area contributed by atoms with E-state index in [9.17, 15) is 4.79 Å². The number of nitrogens with one attached hydrogen (secondary N) is 1. The fraction of sp³-hybridized carbons (Fsp3) is 0.125. The van der Waals surface area contributed by atoms with Crippen LogP contribution in [-0.4, -0.2) is 35.0 Å².